The lowest BCUT2D eigenvalue weighted by molar-refractivity contribution is -0.145. The Labute approximate surface area is 103 Å². The number of carbonyl (C=O) groups is 1. The van der Waals surface area contributed by atoms with Gasteiger partial charge in [-0.3, -0.25) is 4.79 Å². The van der Waals surface area contributed by atoms with Crippen molar-refractivity contribution < 1.29 is 9.53 Å². The molecule has 0 saturated carbocycles. The summed E-state index contributed by atoms with van der Waals surface area (Å²) in [6.07, 6.45) is 5.41. The van der Waals surface area contributed by atoms with Crippen molar-refractivity contribution in [1.82, 2.24) is 10.2 Å². The van der Waals surface area contributed by atoms with Crippen LogP contribution in [0.2, 0.25) is 0 Å². The van der Waals surface area contributed by atoms with Crippen LogP contribution in [0.3, 0.4) is 0 Å². The fraction of sp³-hybridized carbons (Fsp3) is 0.923. The van der Waals surface area contributed by atoms with Gasteiger partial charge in [0, 0.05) is 31.7 Å². The first-order chi connectivity index (χ1) is 8.29. The van der Waals surface area contributed by atoms with Crippen LogP contribution in [-0.2, 0) is 9.53 Å². The SMILES string of the molecule is O=C(C1CCCCO1)N1CCC2(CCNC2)C1. The molecule has 3 aliphatic rings. The van der Waals surface area contributed by atoms with Crippen LogP contribution in [0.25, 0.3) is 0 Å². The summed E-state index contributed by atoms with van der Waals surface area (Å²) < 4.78 is 5.60. The van der Waals surface area contributed by atoms with E-state index >= 15 is 0 Å². The first kappa shape index (κ1) is 11.5. The van der Waals surface area contributed by atoms with E-state index in [0.29, 0.717) is 5.41 Å². The van der Waals surface area contributed by atoms with Gasteiger partial charge in [-0.2, -0.15) is 0 Å². The second-order valence-electron chi connectivity index (χ2n) is 5.79. The number of rotatable bonds is 1. The lowest BCUT2D eigenvalue weighted by Gasteiger charge is -2.28. The maximum Gasteiger partial charge on any atom is 0.251 e. The molecular formula is C13H22N2O2. The van der Waals surface area contributed by atoms with Gasteiger partial charge in [0.15, 0.2) is 0 Å². The van der Waals surface area contributed by atoms with Crippen molar-refractivity contribution in [3.63, 3.8) is 0 Å². The highest BCUT2D eigenvalue weighted by molar-refractivity contribution is 5.81. The molecule has 3 saturated heterocycles. The molecule has 0 aromatic carbocycles. The van der Waals surface area contributed by atoms with Gasteiger partial charge in [-0.15, -0.1) is 0 Å². The highest BCUT2D eigenvalue weighted by atomic mass is 16.5. The minimum Gasteiger partial charge on any atom is -0.368 e. The Kier molecular flexibility index (Phi) is 3.09. The molecular weight excluding hydrogens is 216 g/mol. The second kappa shape index (κ2) is 4.58. The van der Waals surface area contributed by atoms with Crippen LogP contribution in [0.5, 0.6) is 0 Å². The average Bonchev–Trinajstić information content (AvgIpc) is 3.01. The Morgan fingerprint density at radius 1 is 1.35 bits per heavy atom. The summed E-state index contributed by atoms with van der Waals surface area (Å²) in [6.45, 7) is 4.83. The van der Waals surface area contributed by atoms with E-state index in [1.807, 2.05) is 4.90 Å². The molecule has 4 heteroatoms. The van der Waals surface area contributed by atoms with Gasteiger partial charge < -0.3 is 15.0 Å². The molecule has 0 bridgehead atoms. The van der Waals surface area contributed by atoms with Crippen LogP contribution in [0.15, 0.2) is 0 Å². The van der Waals surface area contributed by atoms with Gasteiger partial charge in [0.05, 0.1) is 0 Å². The quantitative estimate of drug-likeness (QED) is 0.733. The molecule has 2 unspecified atom stereocenters. The summed E-state index contributed by atoms with van der Waals surface area (Å²) in [5.41, 5.74) is 0.379. The van der Waals surface area contributed by atoms with Crippen molar-refractivity contribution in [3.05, 3.63) is 0 Å². The Hall–Kier alpha value is -0.610. The van der Waals surface area contributed by atoms with E-state index in [2.05, 4.69) is 5.32 Å². The Balaban J connectivity index is 1.59. The van der Waals surface area contributed by atoms with E-state index in [0.717, 1.165) is 52.0 Å². The number of hydrogen-bond donors (Lipinski definition) is 1. The molecule has 0 aliphatic carbocycles. The van der Waals surface area contributed by atoms with E-state index in [1.54, 1.807) is 0 Å². The van der Waals surface area contributed by atoms with Crippen molar-refractivity contribution in [1.29, 1.82) is 0 Å². The smallest absolute Gasteiger partial charge is 0.251 e. The summed E-state index contributed by atoms with van der Waals surface area (Å²) in [6, 6.07) is 0. The van der Waals surface area contributed by atoms with Crippen molar-refractivity contribution >= 4 is 5.91 Å². The standard InChI is InChI=1S/C13H22N2O2/c16-12(11-3-1-2-8-17-11)15-7-5-13(10-15)4-6-14-9-13/h11,14H,1-10H2. The van der Waals surface area contributed by atoms with Crippen molar-refractivity contribution in [2.75, 3.05) is 32.8 Å². The number of likely N-dealkylation sites (tertiary alicyclic amines) is 1. The number of amides is 1. The average molecular weight is 238 g/mol. The highest BCUT2D eigenvalue weighted by Gasteiger charge is 2.43. The molecule has 2 atom stereocenters. The summed E-state index contributed by atoms with van der Waals surface area (Å²) in [4.78, 5) is 14.4. The maximum atomic E-state index is 12.3. The zero-order valence-electron chi connectivity index (χ0n) is 10.4. The number of ether oxygens (including phenoxy) is 1. The second-order valence-corrected chi connectivity index (χ2v) is 5.79. The first-order valence-corrected chi connectivity index (χ1v) is 6.90. The topological polar surface area (TPSA) is 41.6 Å². The monoisotopic (exact) mass is 238 g/mol. The van der Waals surface area contributed by atoms with Crippen LogP contribution in [0.4, 0.5) is 0 Å². The van der Waals surface area contributed by atoms with Crippen LogP contribution in [-0.4, -0.2) is 49.7 Å². The van der Waals surface area contributed by atoms with Crippen LogP contribution in [0, 0.1) is 5.41 Å². The van der Waals surface area contributed by atoms with Gasteiger partial charge in [-0.25, -0.2) is 0 Å². The summed E-state index contributed by atoms with van der Waals surface area (Å²) in [5.74, 6) is 0.244. The van der Waals surface area contributed by atoms with Crippen molar-refractivity contribution in [2.45, 2.75) is 38.2 Å². The molecule has 1 N–H and O–H groups in total. The van der Waals surface area contributed by atoms with E-state index in [1.165, 1.54) is 12.8 Å². The van der Waals surface area contributed by atoms with Crippen LogP contribution >= 0.6 is 0 Å². The maximum absolute atomic E-state index is 12.3. The third-order valence-electron chi connectivity index (χ3n) is 4.54. The summed E-state index contributed by atoms with van der Waals surface area (Å²) in [7, 11) is 0. The number of carbonyl (C=O) groups excluding carboxylic acids is 1. The molecule has 3 aliphatic heterocycles. The van der Waals surface area contributed by atoms with Gasteiger partial charge in [-0.1, -0.05) is 0 Å². The fourth-order valence-corrected chi connectivity index (χ4v) is 3.41. The van der Waals surface area contributed by atoms with Gasteiger partial charge in [-0.05, 0) is 38.6 Å². The molecule has 17 heavy (non-hydrogen) atoms. The Morgan fingerprint density at radius 3 is 3.00 bits per heavy atom. The molecule has 1 amide bonds. The number of hydrogen-bond acceptors (Lipinski definition) is 3. The first-order valence-electron chi connectivity index (χ1n) is 6.90. The van der Waals surface area contributed by atoms with Crippen molar-refractivity contribution in [3.8, 4) is 0 Å². The zero-order valence-corrected chi connectivity index (χ0v) is 10.4. The van der Waals surface area contributed by atoms with Crippen LogP contribution in [0.1, 0.15) is 32.1 Å². The molecule has 3 heterocycles. The molecule has 0 radical (unpaired) electrons. The molecule has 96 valence electrons. The van der Waals surface area contributed by atoms with Gasteiger partial charge in [0.25, 0.3) is 5.91 Å². The minimum absolute atomic E-state index is 0.145. The molecule has 1 spiro atoms. The predicted octanol–water partition coefficient (Wildman–Crippen LogP) is 0.767. The number of nitrogens with one attached hydrogen (secondary N) is 1. The third kappa shape index (κ3) is 2.20. The molecule has 3 fully saturated rings. The summed E-state index contributed by atoms with van der Waals surface area (Å²) >= 11 is 0. The highest BCUT2D eigenvalue weighted by Crippen LogP contribution is 2.36. The normalized spacial score (nSPS) is 37.9. The van der Waals surface area contributed by atoms with Gasteiger partial charge in [0.1, 0.15) is 6.10 Å². The largest absolute Gasteiger partial charge is 0.368 e. The lowest BCUT2D eigenvalue weighted by atomic mass is 9.86. The van der Waals surface area contributed by atoms with Crippen molar-refractivity contribution in [2.24, 2.45) is 5.41 Å². The Bertz CT molecular complexity index is 294. The molecule has 0 aromatic rings. The zero-order chi connectivity index (χ0) is 11.7. The molecule has 0 aromatic heterocycles. The molecule has 3 rings (SSSR count). The fourth-order valence-electron chi connectivity index (χ4n) is 3.41. The number of nitrogens with zero attached hydrogens (tertiary/aromatic N) is 1. The van der Waals surface area contributed by atoms with E-state index in [9.17, 15) is 4.79 Å². The summed E-state index contributed by atoms with van der Waals surface area (Å²) in [5, 5.41) is 3.42. The minimum atomic E-state index is -0.145. The van der Waals surface area contributed by atoms with E-state index in [4.69, 9.17) is 4.74 Å². The van der Waals surface area contributed by atoms with E-state index < -0.39 is 0 Å². The molecule has 4 nitrogen and oxygen atoms in total. The van der Waals surface area contributed by atoms with Gasteiger partial charge in [0.2, 0.25) is 0 Å². The Morgan fingerprint density at radius 2 is 2.29 bits per heavy atom. The van der Waals surface area contributed by atoms with E-state index in [-0.39, 0.29) is 12.0 Å². The lowest BCUT2D eigenvalue weighted by Crippen LogP contribution is -2.42. The van der Waals surface area contributed by atoms with Crippen LogP contribution < -0.4 is 5.32 Å². The third-order valence-corrected chi connectivity index (χ3v) is 4.54. The van der Waals surface area contributed by atoms with Gasteiger partial charge >= 0.3 is 0 Å². The predicted molar refractivity (Wildman–Crippen MR) is 64.7 cm³/mol.